The van der Waals surface area contributed by atoms with Gasteiger partial charge in [0, 0.05) is 36.1 Å². The van der Waals surface area contributed by atoms with Gasteiger partial charge >= 0.3 is 0 Å². The van der Waals surface area contributed by atoms with Gasteiger partial charge < -0.3 is 10.2 Å². The summed E-state index contributed by atoms with van der Waals surface area (Å²) < 4.78 is 40.6. The highest BCUT2D eigenvalue weighted by molar-refractivity contribution is 7.92. The van der Waals surface area contributed by atoms with E-state index in [9.17, 15) is 22.4 Å². The van der Waals surface area contributed by atoms with Crippen LogP contribution >= 0.6 is 11.6 Å². The van der Waals surface area contributed by atoms with Crippen LogP contribution in [-0.4, -0.2) is 50.0 Å². The Morgan fingerprint density at radius 3 is 2.39 bits per heavy atom. The van der Waals surface area contributed by atoms with E-state index < -0.39 is 21.9 Å². The fourth-order valence-corrected chi connectivity index (χ4v) is 4.89. The van der Waals surface area contributed by atoms with Crippen LogP contribution in [0.15, 0.2) is 42.5 Å². The second kappa shape index (κ2) is 13.1. The van der Waals surface area contributed by atoms with Crippen molar-refractivity contribution in [3.05, 3.63) is 64.4 Å². The topological polar surface area (TPSA) is 86.8 Å². The first-order valence-electron chi connectivity index (χ1n) is 11.9. The third-order valence-corrected chi connectivity index (χ3v) is 7.72. The smallest absolute Gasteiger partial charge is 0.242 e. The molecule has 0 aliphatic carbocycles. The van der Waals surface area contributed by atoms with Crippen molar-refractivity contribution in [2.24, 2.45) is 0 Å². The van der Waals surface area contributed by atoms with Crippen LogP contribution in [0.5, 0.6) is 0 Å². The number of carbonyl (C=O) groups is 2. The molecule has 0 unspecified atom stereocenters. The summed E-state index contributed by atoms with van der Waals surface area (Å²) in [5, 5.41) is 3.30. The molecule has 2 aromatic rings. The Labute approximate surface area is 218 Å². The van der Waals surface area contributed by atoms with Gasteiger partial charge in [0.2, 0.25) is 21.8 Å². The van der Waals surface area contributed by atoms with E-state index in [0.717, 1.165) is 12.7 Å². The molecular weight excluding hydrogens is 505 g/mol. The minimum atomic E-state index is -3.64. The van der Waals surface area contributed by atoms with Crippen LogP contribution in [0.1, 0.15) is 51.2 Å². The van der Waals surface area contributed by atoms with Crippen LogP contribution in [0.25, 0.3) is 0 Å². The zero-order valence-corrected chi connectivity index (χ0v) is 23.0. The largest absolute Gasteiger partial charge is 0.352 e. The summed E-state index contributed by atoms with van der Waals surface area (Å²) in [6.07, 6.45) is 2.00. The molecule has 7 nitrogen and oxygen atoms in total. The van der Waals surface area contributed by atoms with Gasteiger partial charge in [0.1, 0.15) is 11.9 Å². The highest BCUT2D eigenvalue weighted by Gasteiger charge is 2.28. The van der Waals surface area contributed by atoms with Crippen molar-refractivity contribution in [2.45, 2.75) is 65.6 Å². The molecule has 2 amide bonds. The minimum absolute atomic E-state index is 0.0267. The average Bonchev–Trinajstić information content (AvgIpc) is 2.82. The van der Waals surface area contributed by atoms with Crippen molar-refractivity contribution in [1.29, 1.82) is 0 Å². The molecule has 0 bridgehead atoms. The van der Waals surface area contributed by atoms with Crippen molar-refractivity contribution >= 4 is 39.1 Å². The zero-order chi connectivity index (χ0) is 27.0. The maximum absolute atomic E-state index is 14.4. The summed E-state index contributed by atoms with van der Waals surface area (Å²) in [4.78, 5) is 27.4. The minimum Gasteiger partial charge on any atom is -0.352 e. The number of sulfonamides is 1. The molecule has 198 valence electrons. The summed E-state index contributed by atoms with van der Waals surface area (Å²) >= 11 is 6.18. The Morgan fingerprint density at radius 1 is 1.11 bits per heavy atom. The van der Waals surface area contributed by atoms with Gasteiger partial charge in [0.15, 0.2) is 0 Å². The Bertz CT molecular complexity index is 1180. The molecule has 2 rings (SSSR count). The average molecular weight is 540 g/mol. The molecule has 1 N–H and O–H groups in total. The van der Waals surface area contributed by atoms with E-state index in [-0.39, 0.29) is 43.8 Å². The van der Waals surface area contributed by atoms with E-state index in [1.807, 2.05) is 13.8 Å². The monoisotopic (exact) mass is 539 g/mol. The molecule has 0 aliphatic rings. The molecule has 0 spiro atoms. The highest BCUT2D eigenvalue weighted by atomic mass is 35.5. The number of rotatable bonds is 12. The Balaban J connectivity index is 2.22. The molecule has 0 aromatic heterocycles. The predicted octanol–water partition coefficient (Wildman–Crippen LogP) is 4.67. The highest BCUT2D eigenvalue weighted by Crippen LogP contribution is 2.28. The first-order chi connectivity index (χ1) is 16.9. The Hall–Kier alpha value is -2.65. The fourth-order valence-electron chi connectivity index (χ4n) is 3.71. The number of amides is 2. The lowest BCUT2D eigenvalue weighted by Gasteiger charge is -2.30. The second-order valence-corrected chi connectivity index (χ2v) is 11.2. The lowest BCUT2D eigenvalue weighted by molar-refractivity contribution is -0.141. The summed E-state index contributed by atoms with van der Waals surface area (Å²) in [6, 6.07) is 10.2. The number of nitrogens with one attached hydrogen (secondary N) is 1. The molecule has 36 heavy (non-hydrogen) atoms. The van der Waals surface area contributed by atoms with Crippen molar-refractivity contribution < 1.29 is 22.4 Å². The van der Waals surface area contributed by atoms with Crippen molar-refractivity contribution in [2.75, 3.05) is 17.1 Å². The van der Waals surface area contributed by atoms with Crippen LogP contribution in [0, 0.1) is 12.7 Å². The van der Waals surface area contributed by atoms with Crippen LogP contribution < -0.4 is 9.62 Å². The number of benzene rings is 2. The number of hydrogen-bond donors (Lipinski definition) is 1. The van der Waals surface area contributed by atoms with Crippen LogP contribution in [0.3, 0.4) is 0 Å². The number of hydrogen-bond acceptors (Lipinski definition) is 4. The Kier molecular flexibility index (Phi) is 10.7. The third kappa shape index (κ3) is 7.93. The van der Waals surface area contributed by atoms with E-state index in [0.29, 0.717) is 21.8 Å². The molecule has 2 atom stereocenters. The van der Waals surface area contributed by atoms with Gasteiger partial charge in [-0.25, -0.2) is 12.8 Å². The molecule has 0 aliphatic heterocycles. The molecule has 0 fully saturated rings. The summed E-state index contributed by atoms with van der Waals surface area (Å²) in [7, 11) is -3.64. The number of halogens is 2. The van der Waals surface area contributed by atoms with Crippen LogP contribution in [0.4, 0.5) is 10.1 Å². The number of anilines is 1. The van der Waals surface area contributed by atoms with Crippen LogP contribution in [0.2, 0.25) is 5.02 Å². The SMILES string of the molecule is CC[C@H](C)NC(=O)[C@H](C)N(Cc1ccccc1F)C(=O)CCCN(c1cccc(Cl)c1C)S(C)(=O)=O. The molecule has 0 saturated carbocycles. The lowest BCUT2D eigenvalue weighted by Crippen LogP contribution is -2.49. The summed E-state index contributed by atoms with van der Waals surface area (Å²) in [6.45, 7) is 7.11. The van der Waals surface area contributed by atoms with Gasteiger partial charge in [-0.15, -0.1) is 0 Å². The number of nitrogens with zero attached hydrogens (tertiary/aromatic N) is 2. The standard InChI is InChI=1S/C26H35ClFN3O4S/c1-6-18(2)29-26(33)20(4)30(17-21-11-7-8-13-23(21)28)25(32)15-10-16-31(36(5,34)35)24-14-9-12-22(27)19(24)3/h7-9,11-14,18,20H,6,10,15-17H2,1-5H3,(H,29,33)/t18-,20-/m0/s1. The molecular formula is C26H35ClFN3O4S. The van der Waals surface area contributed by atoms with E-state index >= 15 is 0 Å². The van der Waals surface area contributed by atoms with Gasteiger partial charge in [0.05, 0.1) is 11.9 Å². The predicted molar refractivity (Wildman–Crippen MR) is 142 cm³/mol. The molecule has 0 radical (unpaired) electrons. The van der Waals surface area contributed by atoms with Gasteiger partial charge in [-0.05, 0) is 57.4 Å². The molecule has 0 heterocycles. The first kappa shape index (κ1) is 29.6. The quantitative estimate of drug-likeness (QED) is 0.425. The molecule has 10 heteroatoms. The van der Waals surface area contributed by atoms with Crippen LogP contribution in [-0.2, 0) is 26.2 Å². The summed E-state index contributed by atoms with van der Waals surface area (Å²) in [5.74, 6) is -1.17. The first-order valence-corrected chi connectivity index (χ1v) is 14.2. The van der Waals surface area contributed by atoms with Gasteiger partial charge in [-0.1, -0.05) is 42.8 Å². The Morgan fingerprint density at radius 2 is 1.78 bits per heavy atom. The maximum Gasteiger partial charge on any atom is 0.242 e. The molecule has 0 saturated heterocycles. The number of carbonyl (C=O) groups excluding carboxylic acids is 2. The second-order valence-electron chi connectivity index (χ2n) is 8.93. The van der Waals surface area contributed by atoms with Gasteiger partial charge in [-0.3, -0.25) is 13.9 Å². The normalized spacial score (nSPS) is 13.1. The summed E-state index contributed by atoms with van der Waals surface area (Å²) in [5.41, 5.74) is 1.36. The van der Waals surface area contributed by atoms with Crippen molar-refractivity contribution in [3.63, 3.8) is 0 Å². The van der Waals surface area contributed by atoms with E-state index in [1.54, 1.807) is 50.2 Å². The fraction of sp³-hybridized carbons (Fsp3) is 0.462. The van der Waals surface area contributed by atoms with E-state index in [1.165, 1.54) is 15.3 Å². The van der Waals surface area contributed by atoms with Gasteiger partial charge in [-0.2, -0.15) is 0 Å². The maximum atomic E-state index is 14.4. The van der Waals surface area contributed by atoms with Crippen molar-refractivity contribution in [1.82, 2.24) is 10.2 Å². The lowest BCUT2D eigenvalue weighted by atomic mass is 10.1. The van der Waals surface area contributed by atoms with E-state index in [2.05, 4.69) is 5.32 Å². The third-order valence-electron chi connectivity index (χ3n) is 6.13. The van der Waals surface area contributed by atoms with Gasteiger partial charge in [0.25, 0.3) is 0 Å². The van der Waals surface area contributed by atoms with Crippen molar-refractivity contribution in [3.8, 4) is 0 Å². The zero-order valence-electron chi connectivity index (χ0n) is 21.4. The molecule has 2 aromatic carbocycles. The van der Waals surface area contributed by atoms with E-state index in [4.69, 9.17) is 11.6 Å².